The maximum absolute atomic E-state index is 13.1. The lowest BCUT2D eigenvalue weighted by atomic mass is 10.1. The molecule has 1 aromatic rings. The average molecular weight is 310 g/mol. The predicted octanol–water partition coefficient (Wildman–Crippen LogP) is 0.613. The summed E-state index contributed by atoms with van der Waals surface area (Å²) in [6.45, 7) is 5.47. The second-order valence-corrected chi connectivity index (χ2v) is 8.03. The normalized spacial score (nSPS) is 29.3. The molecule has 0 N–H and O–H groups in total. The van der Waals surface area contributed by atoms with E-state index in [1.807, 2.05) is 32.8 Å². The Morgan fingerprint density at radius 3 is 2.57 bits per heavy atom. The predicted molar refractivity (Wildman–Crippen MR) is 81.9 cm³/mol. The molecule has 0 radical (unpaired) electrons. The molecular formula is C14H22N4O2S. The van der Waals surface area contributed by atoms with Crippen LogP contribution >= 0.6 is 0 Å². The van der Waals surface area contributed by atoms with Gasteiger partial charge in [-0.3, -0.25) is 0 Å². The first kappa shape index (κ1) is 14.7. The van der Waals surface area contributed by atoms with Crippen LogP contribution in [0.2, 0.25) is 0 Å². The fourth-order valence-electron chi connectivity index (χ4n) is 3.55. The molecule has 2 aliphatic heterocycles. The lowest BCUT2D eigenvalue weighted by Gasteiger charge is -2.34. The molecule has 2 atom stereocenters. The van der Waals surface area contributed by atoms with Crippen LogP contribution in [0.3, 0.4) is 0 Å². The molecule has 1 aromatic heterocycles. The minimum atomic E-state index is -3.53. The van der Waals surface area contributed by atoms with Crippen LogP contribution in [0.4, 0.5) is 5.82 Å². The molecule has 0 aromatic carbocycles. The monoisotopic (exact) mass is 310 g/mol. The summed E-state index contributed by atoms with van der Waals surface area (Å²) in [6.07, 6.45) is 1.66. The second-order valence-electron chi connectivity index (χ2n) is 6.22. The molecule has 0 unspecified atom stereocenters. The summed E-state index contributed by atoms with van der Waals surface area (Å²) >= 11 is 0. The zero-order valence-electron chi connectivity index (χ0n) is 12.9. The first-order valence-electron chi connectivity index (χ1n) is 7.24. The van der Waals surface area contributed by atoms with Crippen LogP contribution in [-0.2, 0) is 10.0 Å². The van der Waals surface area contributed by atoms with Crippen molar-refractivity contribution >= 4 is 15.8 Å². The zero-order chi connectivity index (χ0) is 15.4. The molecule has 7 heteroatoms. The van der Waals surface area contributed by atoms with Crippen molar-refractivity contribution in [1.29, 1.82) is 0 Å². The van der Waals surface area contributed by atoms with Gasteiger partial charge in [-0.2, -0.15) is 4.31 Å². The van der Waals surface area contributed by atoms with Gasteiger partial charge in [0.15, 0.2) is 0 Å². The van der Waals surface area contributed by atoms with Crippen molar-refractivity contribution < 1.29 is 8.42 Å². The van der Waals surface area contributed by atoms with E-state index in [0.29, 0.717) is 10.7 Å². The van der Waals surface area contributed by atoms with Crippen LogP contribution in [0.1, 0.15) is 13.8 Å². The van der Waals surface area contributed by atoms with Crippen LogP contribution in [-0.4, -0.2) is 67.9 Å². The number of anilines is 1. The number of aromatic nitrogens is 1. The quantitative estimate of drug-likeness (QED) is 0.761. The van der Waals surface area contributed by atoms with Crippen LogP contribution in [0.15, 0.2) is 23.2 Å². The van der Waals surface area contributed by atoms with E-state index in [2.05, 4.69) is 9.88 Å². The third kappa shape index (κ3) is 2.15. The summed E-state index contributed by atoms with van der Waals surface area (Å²) < 4.78 is 27.9. The molecule has 2 aliphatic rings. The highest BCUT2D eigenvalue weighted by atomic mass is 32.2. The molecule has 3 rings (SSSR count). The zero-order valence-corrected chi connectivity index (χ0v) is 13.7. The van der Waals surface area contributed by atoms with Gasteiger partial charge in [-0.1, -0.05) is 0 Å². The molecule has 0 amide bonds. The topological polar surface area (TPSA) is 56.8 Å². The number of sulfonamides is 1. The minimum Gasteiger partial charge on any atom is -0.353 e. The van der Waals surface area contributed by atoms with Crippen molar-refractivity contribution in [3.63, 3.8) is 0 Å². The molecule has 1 saturated heterocycles. The molecule has 0 spiro atoms. The van der Waals surface area contributed by atoms with E-state index in [1.165, 1.54) is 0 Å². The first-order valence-corrected chi connectivity index (χ1v) is 8.68. The Hall–Kier alpha value is -1.18. The summed E-state index contributed by atoms with van der Waals surface area (Å²) in [4.78, 5) is 8.87. The van der Waals surface area contributed by atoms with Crippen LogP contribution in [0.25, 0.3) is 0 Å². The van der Waals surface area contributed by atoms with E-state index in [0.717, 1.165) is 13.1 Å². The average Bonchev–Trinajstić information content (AvgIpc) is 2.76. The van der Waals surface area contributed by atoms with Crippen molar-refractivity contribution in [2.24, 2.45) is 0 Å². The largest absolute Gasteiger partial charge is 0.353 e. The Kier molecular flexibility index (Phi) is 3.46. The summed E-state index contributed by atoms with van der Waals surface area (Å²) in [6, 6.07) is 3.36. The molecule has 3 heterocycles. The maximum atomic E-state index is 13.1. The van der Waals surface area contributed by atoms with E-state index < -0.39 is 10.0 Å². The number of rotatable bonds is 1. The van der Waals surface area contributed by atoms with Gasteiger partial charge in [-0.05, 0) is 33.0 Å². The number of hydrogen-bond acceptors (Lipinski definition) is 5. The number of pyridine rings is 1. The molecule has 1 fully saturated rings. The number of fused-ring (bicyclic) bond motifs is 2. The number of likely N-dealkylation sites (N-methyl/N-ethyl adjacent to an activating group) is 2. The summed E-state index contributed by atoms with van der Waals surface area (Å²) in [5.74, 6) is 0.561. The molecule has 116 valence electrons. The number of hydrogen-bond donors (Lipinski definition) is 0. The summed E-state index contributed by atoms with van der Waals surface area (Å²) in [5.41, 5.74) is 0. The lowest BCUT2D eigenvalue weighted by molar-refractivity contribution is 0.261. The van der Waals surface area contributed by atoms with E-state index in [1.54, 1.807) is 22.6 Å². The van der Waals surface area contributed by atoms with E-state index in [4.69, 9.17) is 0 Å². The summed E-state index contributed by atoms with van der Waals surface area (Å²) in [7, 11) is 0.454. The Balaban J connectivity index is 2.24. The number of nitrogens with zero attached hydrogens (tertiary/aromatic N) is 4. The molecule has 0 bridgehead atoms. The van der Waals surface area contributed by atoms with Gasteiger partial charge < -0.3 is 9.80 Å². The van der Waals surface area contributed by atoms with Gasteiger partial charge >= 0.3 is 0 Å². The van der Waals surface area contributed by atoms with Crippen LogP contribution in [0.5, 0.6) is 0 Å². The van der Waals surface area contributed by atoms with E-state index in [-0.39, 0.29) is 18.1 Å². The lowest BCUT2D eigenvalue weighted by Crippen LogP contribution is -2.52. The highest BCUT2D eigenvalue weighted by molar-refractivity contribution is 7.89. The van der Waals surface area contributed by atoms with E-state index in [9.17, 15) is 8.42 Å². The summed E-state index contributed by atoms with van der Waals surface area (Å²) in [5, 5.41) is 0. The Morgan fingerprint density at radius 1 is 1.24 bits per heavy atom. The Morgan fingerprint density at radius 2 is 1.90 bits per heavy atom. The molecule has 21 heavy (non-hydrogen) atoms. The van der Waals surface area contributed by atoms with Gasteiger partial charge in [0.1, 0.15) is 10.7 Å². The van der Waals surface area contributed by atoms with Gasteiger partial charge in [0.05, 0.1) is 12.1 Å². The first-order chi connectivity index (χ1) is 9.84. The highest BCUT2D eigenvalue weighted by Crippen LogP contribution is 2.36. The van der Waals surface area contributed by atoms with Gasteiger partial charge in [-0.25, -0.2) is 13.4 Å². The third-order valence-electron chi connectivity index (χ3n) is 4.42. The SMILES string of the molecule is CC(C)N1[C@@H]2CN(C)C[C@H]2N(C)c2ncccc2S1(=O)=O. The standard InChI is InChI=1S/C14H22N4O2S/c1-10(2)18-12-9-16(3)8-11(12)17(4)14-13(21(18,19)20)6-5-7-15-14/h5-7,10-12H,8-9H2,1-4H3/t11-,12-/m1/s1. The number of likely N-dealkylation sites (tertiary alicyclic amines) is 1. The maximum Gasteiger partial charge on any atom is 0.247 e. The van der Waals surface area contributed by atoms with Gasteiger partial charge in [-0.15, -0.1) is 0 Å². The van der Waals surface area contributed by atoms with Crippen LogP contribution < -0.4 is 4.90 Å². The second kappa shape index (κ2) is 4.93. The van der Waals surface area contributed by atoms with Crippen LogP contribution in [0, 0.1) is 0 Å². The Labute approximate surface area is 126 Å². The van der Waals surface area contributed by atoms with Crippen molar-refractivity contribution in [2.45, 2.75) is 36.9 Å². The third-order valence-corrected chi connectivity index (χ3v) is 6.54. The fraction of sp³-hybridized carbons (Fsp3) is 0.643. The highest BCUT2D eigenvalue weighted by Gasteiger charge is 2.48. The molecule has 6 nitrogen and oxygen atoms in total. The van der Waals surface area contributed by atoms with Gasteiger partial charge in [0, 0.05) is 32.4 Å². The Bertz CT molecular complexity index is 646. The molecule has 0 aliphatic carbocycles. The molecule has 0 saturated carbocycles. The molecular weight excluding hydrogens is 288 g/mol. The van der Waals surface area contributed by atoms with Gasteiger partial charge in [0.2, 0.25) is 10.0 Å². The van der Waals surface area contributed by atoms with Crippen molar-refractivity contribution in [3.05, 3.63) is 18.3 Å². The smallest absolute Gasteiger partial charge is 0.247 e. The van der Waals surface area contributed by atoms with E-state index >= 15 is 0 Å². The van der Waals surface area contributed by atoms with Gasteiger partial charge in [0.25, 0.3) is 0 Å². The fourth-order valence-corrected chi connectivity index (χ4v) is 5.57. The van der Waals surface area contributed by atoms with Crippen molar-refractivity contribution in [2.75, 3.05) is 32.1 Å². The minimum absolute atomic E-state index is 0.0424. The van der Waals surface area contributed by atoms with Crippen molar-refractivity contribution in [1.82, 2.24) is 14.2 Å². The van der Waals surface area contributed by atoms with Crippen molar-refractivity contribution in [3.8, 4) is 0 Å².